The molecule has 0 fully saturated rings. The Hall–Kier alpha value is -3.45. The summed E-state index contributed by atoms with van der Waals surface area (Å²) < 4.78 is 12.3. The molecule has 0 radical (unpaired) electrons. The molecule has 1 aliphatic heterocycles. The Balaban J connectivity index is 1.89. The molecule has 0 saturated carbocycles. The maximum Gasteiger partial charge on any atom is 0.338 e. The highest BCUT2D eigenvalue weighted by Gasteiger charge is 2.30. The molecule has 1 atom stereocenters. The molecule has 0 unspecified atom stereocenters. The standard InChI is InChI=1S/C22H18N2O4S/c1-14-19(21(26)27-2)17(11-10-15-7-4-3-5-8-15)24-20(25)18(29-22(24)23-14)13-16-9-6-12-28-16/h3-13,17H,1-2H3/b11-10+,18-13-/t17-/m1/s1. The van der Waals surface area contributed by atoms with Gasteiger partial charge in [-0.3, -0.25) is 9.36 Å². The van der Waals surface area contributed by atoms with Crippen LogP contribution in [0.25, 0.3) is 12.2 Å². The van der Waals surface area contributed by atoms with Crippen LogP contribution in [0.1, 0.15) is 24.3 Å². The number of ether oxygens (including phenoxy) is 1. The van der Waals surface area contributed by atoms with Gasteiger partial charge >= 0.3 is 5.97 Å². The fourth-order valence-corrected chi connectivity index (χ4v) is 4.22. The molecule has 1 aromatic carbocycles. The lowest BCUT2D eigenvalue weighted by Crippen LogP contribution is -2.38. The number of methoxy groups -OCH3 is 1. The Kier molecular flexibility index (Phi) is 5.14. The molecular weight excluding hydrogens is 388 g/mol. The average molecular weight is 406 g/mol. The fourth-order valence-electron chi connectivity index (χ4n) is 3.19. The summed E-state index contributed by atoms with van der Waals surface area (Å²) in [6, 6.07) is 12.6. The molecule has 4 rings (SSSR count). The summed E-state index contributed by atoms with van der Waals surface area (Å²) in [6.45, 7) is 1.75. The van der Waals surface area contributed by atoms with Crippen LogP contribution in [-0.4, -0.2) is 17.6 Å². The molecule has 0 saturated heterocycles. The first kappa shape index (κ1) is 18.9. The molecule has 0 bridgehead atoms. The summed E-state index contributed by atoms with van der Waals surface area (Å²) in [6.07, 6.45) is 6.94. The normalized spacial score (nSPS) is 16.8. The van der Waals surface area contributed by atoms with Crippen molar-refractivity contribution in [1.82, 2.24) is 4.57 Å². The van der Waals surface area contributed by atoms with Gasteiger partial charge in [-0.25, -0.2) is 9.79 Å². The maximum atomic E-state index is 13.2. The molecule has 0 aliphatic carbocycles. The summed E-state index contributed by atoms with van der Waals surface area (Å²) in [5, 5.41) is 0. The molecule has 29 heavy (non-hydrogen) atoms. The van der Waals surface area contributed by atoms with Crippen LogP contribution in [0, 0.1) is 0 Å². The number of allylic oxidation sites excluding steroid dienone is 2. The number of rotatable bonds is 4. The zero-order valence-electron chi connectivity index (χ0n) is 15.9. The minimum absolute atomic E-state index is 0.234. The number of thiazole rings is 1. The van der Waals surface area contributed by atoms with E-state index in [9.17, 15) is 9.59 Å². The lowest BCUT2D eigenvalue weighted by atomic mass is 10.0. The second-order valence-corrected chi connectivity index (χ2v) is 7.41. The van der Waals surface area contributed by atoms with E-state index < -0.39 is 12.0 Å². The van der Waals surface area contributed by atoms with E-state index in [1.54, 1.807) is 31.4 Å². The quantitative estimate of drug-likeness (QED) is 0.625. The minimum Gasteiger partial charge on any atom is -0.466 e. The van der Waals surface area contributed by atoms with Crippen LogP contribution in [0.4, 0.5) is 0 Å². The third kappa shape index (κ3) is 3.64. The molecule has 6 nitrogen and oxygen atoms in total. The number of carbonyl (C=O) groups excluding carboxylic acids is 1. The van der Waals surface area contributed by atoms with Gasteiger partial charge < -0.3 is 9.15 Å². The van der Waals surface area contributed by atoms with Gasteiger partial charge in [0.2, 0.25) is 0 Å². The van der Waals surface area contributed by atoms with Crippen LogP contribution in [0.3, 0.4) is 0 Å². The van der Waals surface area contributed by atoms with E-state index in [0.717, 1.165) is 5.56 Å². The van der Waals surface area contributed by atoms with Crippen molar-refractivity contribution in [1.29, 1.82) is 0 Å². The van der Waals surface area contributed by atoms with E-state index in [0.29, 0.717) is 26.4 Å². The van der Waals surface area contributed by atoms with Gasteiger partial charge in [-0.1, -0.05) is 53.8 Å². The second kappa shape index (κ2) is 7.89. The predicted molar refractivity (Wildman–Crippen MR) is 111 cm³/mol. The largest absolute Gasteiger partial charge is 0.466 e. The molecule has 146 valence electrons. The van der Waals surface area contributed by atoms with Gasteiger partial charge in [0, 0.05) is 6.08 Å². The van der Waals surface area contributed by atoms with Gasteiger partial charge in [0.15, 0.2) is 4.80 Å². The van der Waals surface area contributed by atoms with Gasteiger partial charge in [-0.05, 0) is 24.6 Å². The van der Waals surface area contributed by atoms with Crippen LogP contribution in [0.2, 0.25) is 0 Å². The number of fused-ring (bicyclic) bond motifs is 1. The lowest BCUT2D eigenvalue weighted by molar-refractivity contribution is -0.136. The van der Waals surface area contributed by atoms with Crippen molar-refractivity contribution in [3.05, 3.63) is 97.1 Å². The predicted octanol–water partition coefficient (Wildman–Crippen LogP) is 2.67. The molecular formula is C22H18N2O4S. The minimum atomic E-state index is -0.613. The number of esters is 1. The number of furan rings is 1. The van der Waals surface area contributed by atoms with E-state index in [-0.39, 0.29) is 5.56 Å². The first-order chi connectivity index (χ1) is 14.1. The molecule has 2 aromatic heterocycles. The molecule has 7 heteroatoms. The van der Waals surface area contributed by atoms with Crippen molar-refractivity contribution in [3.8, 4) is 0 Å². The highest BCUT2D eigenvalue weighted by atomic mass is 32.1. The topological polar surface area (TPSA) is 73.8 Å². The number of carbonyl (C=O) groups is 1. The van der Waals surface area contributed by atoms with Crippen molar-refractivity contribution >= 4 is 29.5 Å². The van der Waals surface area contributed by atoms with Crippen molar-refractivity contribution in [2.75, 3.05) is 7.11 Å². The Morgan fingerprint density at radius 1 is 1.24 bits per heavy atom. The van der Waals surface area contributed by atoms with E-state index in [1.165, 1.54) is 23.0 Å². The van der Waals surface area contributed by atoms with Crippen molar-refractivity contribution in [3.63, 3.8) is 0 Å². The highest BCUT2D eigenvalue weighted by Crippen LogP contribution is 2.26. The van der Waals surface area contributed by atoms with E-state index in [2.05, 4.69) is 4.99 Å². The highest BCUT2D eigenvalue weighted by molar-refractivity contribution is 7.07. The fraction of sp³-hybridized carbons (Fsp3) is 0.136. The van der Waals surface area contributed by atoms with Gasteiger partial charge in [0.05, 0.1) is 35.2 Å². The molecule has 3 aromatic rings. The number of hydrogen-bond acceptors (Lipinski definition) is 6. The Labute approximate surface area is 170 Å². The molecule has 3 heterocycles. The molecule has 0 N–H and O–H groups in total. The Morgan fingerprint density at radius 2 is 2.03 bits per heavy atom. The Bertz CT molecular complexity index is 1280. The summed E-state index contributed by atoms with van der Waals surface area (Å²) in [7, 11) is 1.32. The number of benzene rings is 1. The Morgan fingerprint density at radius 3 is 2.72 bits per heavy atom. The van der Waals surface area contributed by atoms with Crippen LogP contribution in [0.15, 0.2) is 80.3 Å². The van der Waals surface area contributed by atoms with Crippen LogP contribution in [-0.2, 0) is 9.53 Å². The van der Waals surface area contributed by atoms with E-state index >= 15 is 0 Å². The second-order valence-electron chi connectivity index (χ2n) is 6.40. The first-order valence-corrected chi connectivity index (χ1v) is 9.78. The summed E-state index contributed by atoms with van der Waals surface area (Å²) in [5.74, 6) is 0.0739. The van der Waals surface area contributed by atoms with E-state index in [4.69, 9.17) is 9.15 Å². The van der Waals surface area contributed by atoms with Crippen LogP contribution in [0.5, 0.6) is 0 Å². The zero-order chi connectivity index (χ0) is 20.4. The third-order valence-electron chi connectivity index (χ3n) is 4.56. The molecule has 0 amide bonds. The van der Waals surface area contributed by atoms with E-state index in [1.807, 2.05) is 42.5 Å². The van der Waals surface area contributed by atoms with Gasteiger partial charge in [-0.2, -0.15) is 0 Å². The number of aromatic nitrogens is 1. The first-order valence-electron chi connectivity index (χ1n) is 8.96. The monoisotopic (exact) mass is 406 g/mol. The number of hydrogen-bond donors (Lipinski definition) is 0. The smallest absolute Gasteiger partial charge is 0.338 e. The average Bonchev–Trinajstić information content (AvgIpc) is 3.34. The SMILES string of the molecule is COC(=O)C1=C(C)N=c2s/c(=C\c3ccco3)c(=O)n2[C@@H]1/C=C/c1ccccc1. The maximum absolute atomic E-state index is 13.2. The van der Waals surface area contributed by atoms with Crippen molar-refractivity contribution < 1.29 is 13.9 Å². The summed E-state index contributed by atoms with van der Waals surface area (Å²) >= 11 is 1.26. The third-order valence-corrected chi connectivity index (χ3v) is 5.54. The molecule has 1 aliphatic rings. The number of nitrogens with zero attached hydrogens (tertiary/aromatic N) is 2. The zero-order valence-corrected chi connectivity index (χ0v) is 16.7. The van der Waals surface area contributed by atoms with Crippen molar-refractivity contribution in [2.24, 2.45) is 4.99 Å². The van der Waals surface area contributed by atoms with Gasteiger partial charge in [0.25, 0.3) is 5.56 Å². The van der Waals surface area contributed by atoms with Gasteiger partial charge in [0.1, 0.15) is 5.76 Å². The molecule has 0 spiro atoms. The summed E-state index contributed by atoms with van der Waals surface area (Å²) in [5.41, 5.74) is 1.60. The summed E-state index contributed by atoms with van der Waals surface area (Å²) in [4.78, 5) is 30.6. The van der Waals surface area contributed by atoms with Crippen LogP contribution >= 0.6 is 11.3 Å². The van der Waals surface area contributed by atoms with Crippen LogP contribution < -0.4 is 14.9 Å². The lowest BCUT2D eigenvalue weighted by Gasteiger charge is -2.21. The van der Waals surface area contributed by atoms with Crippen molar-refractivity contribution in [2.45, 2.75) is 13.0 Å². The van der Waals surface area contributed by atoms with Gasteiger partial charge in [-0.15, -0.1) is 0 Å².